The molecule has 1 saturated heterocycles. The third kappa shape index (κ3) is 5.74. The third-order valence-electron chi connectivity index (χ3n) is 8.10. The molecule has 0 N–H and O–H groups in total. The number of ether oxygens (including phenoxy) is 1. The van der Waals surface area contributed by atoms with Gasteiger partial charge < -0.3 is 9.64 Å². The monoisotopic (exact) mass is 503 g/mol. The summed E-state index contributed by atoms with van der Waals surface area (Å²) < 4.78 is 6.02. The lowest BCUT2D eigenvalue weighted by Gasteiger charge is -2.43. The topological polar surface area (TPSA) is 29.5 Å². The van der Waals surface area contributed by atoms with Gasteiger partial charge in [0.15, 0.2) is 0 Å². The summed E-state index contributed by atoms with van der Waals surface area (Å²) in [7, 11) is 0. The number of nitrogens with zero attached hydrogens (tertiary/aromatic N) is 1. The van der Waals surface area contributed by atoms with Crippen molar-refractivity contribution in [2.24, 2.45) is 0 Å². The number of benzene rings is 4. The molecule has 194 valence electrons. The van der Waals surface area contributed by atoms with Crippen LogP contribution in [0.2, 0.25) is 0 Å². The van der Waals surface area contributed by atoms with Gasteiger partial charge in [-0.3, -0.25) is 4.79 Å². The summed E-state index contributed by atoms with van der Waals surface area (Å²) >= 11 is 0. The predicted molar refractivity (Wildman–Crippen MR) is 154 cm³/mol. The van der Waals surface area contributed by atoms with Crippen molar-refractivity contribution in [3.8, 4) is 0 Å². The second-order valence-electron chi connectivity index (χ2n) is 10.5. The molecule has 1 aliphatic heterocycles. The summed E-state index contributed by atoms with van der Waals surface area (Å²) in [6, 6.07) is 43.2. The van der Waals surface area contributed by atoms with Gasteiger partial charge in [0.2, 0.25) is 0 Å². The molecule has 0 spiro atoms. The molecule has 3 nitrogen and oxygen atoms in total. The largest absolute Gasteiger partial charge is 0.459 e. The molecular formula is C35H37NO2. The molecule has 0 radical (unpaired) electrons. The fraction of sp³-hybridized carbons (Fsp3) is 0.286. The Morgan fingerprint density at radius 3 is 1.55 bits per heavy atom. The standard InChI is InChI=1S/C35H37NO2/c1-29(37)38-34(28-30-14-6-2-7-15-30)22-25-36(26-23-34)27-24-35(31-16-8-3-9-17-31,32-18-10-4-11-19-32)33-20-12-5-13-21-33/h2-21H,22-28H2,1H3. The van der Waals surface area contributed by atoms with Gasteiger partial charge in [0.05, 0.1) is 0 Å². The highest BCUT2D eigenvalue weighted by Gasteiger charge is 2.40. The van der Waals surface area contributed by atoms with Gasteiger partial charge in [0.1, 0.15) is 5.60 Å². The molecule has 4 aromatic rings. The molecule has 1 heterocycles. The quantitative estimate of drug-likeness (QED) is 0.181. The summed E-state index contributed by atoms with van der Waals surface area (Å²) in [6.45, 7) is 4.32. The lowest BCUT2D eigenvalue weighted by Crippen LogP contribution is -2.49. The Hall–Kier alpha value is -3.69. The lowest BCUT2D eigenvalue weighted by molar-refractivity contribution is -0.162. The molecule has 0 unspecified atom stereocenters. The van der Waals surface area contributed by atoms with E-state index in [4.69, 9.17) is 4.74 Å². The Kier molecular flexibility index (Phi) is 8.05. The Morgan fingerprint density at radius 1 is 0.711 bits per heavy atom. The predicted octanol–water partition coefficient (Wildman–Crippen LogP) is 7.05. The zero-order valence-corrected chi connectivity index (χ0v) is 22.3. The first-order valence-electron chi connectivity index (χ1n) is 13.7. The smallest absolute Gasteiger partial charge is 0.303 e. The fourth-order valence-corrected chi connectivity index (χ4v) is 6.20. The molecule has 3 heteroatoms. The summed E-state index contributed by atoms with van der Waals surface area (Å²) in [6.07, 6.45) is 3.42. The van der Waals surface area contributed by atoms with Crippen molar-refractivity contribution < 1.29 is 9.53 Å². The van der Waals surface area contributed by atoms with E-state index < -0.39 is 5.60 Å². The minimum absolute atomic E-state index is 0.189. The van der Waals surface area contributed by atoms with E-state index in [2.05, 4.69) is 120 Å². The number of hydrogen-bond donors (Lipinski definition) is 0. The first-order chi connectivity index (χ1) is 18.6. The summed E-state index contributed by atoms with van der Waals surface area (Å²) in [5, 5.41) is 0. The maximum atomic E-state index is 12.1. The highest BCUT2D eigenvalue weighted by molar-refractivity contribution is 5.66. The van der Waals surface area contributed by atoms with Crippen molar-refractivity contribution in [1.29, 1.82) is 0 Å². The summed E-state index contributed by atoms with van der Waals surface area (Å²) in [5.74, 6) is -0.189. The van der Waals surface area contributed by atoms with Crippen molar-refractivity contribution >= 4 is 5.97 Å². The van der Waals surface area contributed by atoms with Crippen molar-refractivity contribution in [3.05, 3.63) is 144 Å². The molecular weight excluding hydrogens is 466 g/mol. The summed E-state index contributed by atoms with van der Waals surface area (Å²) in [4.78, 5) is 14.6. The average molecular weight is 504 g/mol. The normalized spacial score (nSPS) is 15.6. The van der Waals surface area contributed by atoms with E-state index in [1.165, 1.54) is 29.2 Å². The van der Waals surface area contributed by atoms with Crippen molar-refractivity contribution in [2.45, 2.75) is 43.6 Å². The maximum absolute atomic E-state index is 12.1. The van der Waals surface area contributed by atoms with E-state index in [1.807, 2.05) is 6.07 Å². The molecule has 0 aliphatic carbocycles. The highest BCUT2D eigenvalue weighted by Crippen LogP contribution is 2.42. The number of piperidine rings is 1. The molecule has 0 atom stereocenters. The van der Waals surface area contributed by atoms with Crippen LogP contribution >= 0.6 is 0 Å². The van der Waals surface area contributed by atoms with Crippen molar-refractivity contribution in [2.75, 3.05) is 19.6 Å². The van der Waals surface area contributed by atoms with Crippen LogP contribution in [-0.4, -0.2) is 36.1 Å². The number of carbonyl (C=O) groups is 1. The molecule has 0 aromatic heterocycles. The van der Waals surface area contributed by atoms with E-state index in [0.717, 1.165) is 45.3 Å². The average Bonchev–Trinajstić information content (AvgIpc) is 2.96. The van der Waals surface area contributed by atoms with E-state index in [-0.39, 0.29) is 11.4 Å². The maximum Gasteiger partial charge on any atom is 0.303 e. The van der Waals surface area contributed by atoms with Crippen molar-refractivity contribution in [3.63, 3.8) is 0 Å². The SMILES string of the molecule is CC(=O)OC1(Cc2ccccc2)CCN(CCC(c2ccccc2)(c2ccccc2)c2ccccc2)CC1. The Morgan fingerprint density at radius 2 is 1.13 bits per heavy atom. The zero-order valence-electron chi connectivity index (χ0n) is 22.3. The molecule has 0 bridgehead atoms. The number of likely N-dealkylation sites (tertiary alicyclic amines) is 1. The number of carbonyl (C=O) groups excluding carboxylic acids is 1. The number of esters is 1. The van der Waals surface area contributed by atoms with Crippen molar-refractivity contribution in [1.82, 2.24) is 4.90 Å². The fourth-order valence-electron chi connectivity index (χ4n) is 6.20. The van der Waals surface area contributed by atoms with Gasteiger partial charge in [0, 0.05) is 44.7 Å². The van der Waals surface area contributed by atoms with Crippen LogP contribution in [0.5, 0.6) is 0 Å². The summed E-state index contributed by atoms with van der Waals surface area (Å²) in [5.41, 5.74) is 4.48. The van der Waals surface area contributed by atoms with Gasteiger partial charge in [0.25, 0.3) is 0 Å². The van der Waals surface area contributed by atoms with E-state index >= 15 is 0 Å². The van der Waals surface area contributed by atoms with E-state index in [1.54, 1.807) is 0 Å². The van der Waals surface area contributed by atoms with Crippen LogP contribution in [-0.2, 0) is 21.4 Å². The van der Waals surface area contributed by atoms with Crippen LogP contribution in [0.25, 0.3) is 0 Å². The van der Waals surface area contributed by atoms with Crippen LogP contribution in [0.1, 0.15) is 48.4 Å². The molecule has 0 amide bonds. The Bertz CT molecular complexity index is 1180. The van der Waals surface area contributed by atoms with Crippen LogP contribution in [0.4, 0.5) is 0 Å². The van der Waals surface area contributed by atoms with Gasteiger partial charge in [-0.05, 0) is 35.2 Å². The van der Waals surface area contributed by atoms with Crippen LogP contribution < -0.4 is 0 Å². The first kappa shape index (κ1) is 25.9. The van der Waals surface area contributed by atoms with Crippen LogP contribution in [0.3, 0.4) is 0 Å². The Labute approximate surface area is 227 Å². The number of hydrogen-bond acceptors (Lipinski definition) is 3. The Balaban J connectivity index is 1.40. The molecule has 4 aromatic carbocycles. The minimum atomic E-state index is -0.431. The van der Waals surface area contributed by atoms with E-state index in [9.17, 15) is 4.79 Å². The first-order valence-corrected chi connectivity index (χ1v) is 13.7. The minimum Gasteiger partial charge on any atom is -0.459 e. The third-order valence-corrected chi connectivity index (χ3v) is 8.10. The molecule has 0 saturated carbocycles. The number of rotatable bonds is 9. The van der Waals surface area contributed by atoms with Gasteiger partial charge in [-0.15, -0.1) is 0 Å². The highest BCUT2D eigenvalue weighted by atomic mass is 16.6. The van der Waals surface area contributed by atoms with Gasteiger partial charge >= 0.3 is 5.97 Å². The second-order valence-corrected chi connectivity index (χ2v) is 10.5. The second kappa shape index (κ2) is 11.8. The van der Waals surface area contributed by atoms with Gasteiger partial charge in [-0.1, -0.05) is 121 Å². The molecule has 1 fully saturated rings. The van der Waals surface area contributed by atoms with E-state index in [0.29, 0.717) is 0 Å². The zero-order chi connectivity index (χ0) is 26.3. The van der Waals surface area contributed by atoms with Crippen LogP contribution in [0, 0.1) is 0 Å². The van der Waals surface area contributed by atoms with Crippen LogP contribution in [0.15, 0.2) is 121 Å². The van der Waals surface area contributed by atoms with Gasteiger partial charge in [-0.2, -0.15) is 0 Å². The molecule has 1 aliphatic rings. The molecule has 5 rings (SSSR count). The lowest BCUT2D eigenvalue weighted by atomic mass is 9.67. The van der Waals surface area contributed by atoms with Gasteiger partial charge in [-0.25, -0.2) is 0 Å². The molecule has 38 heavy (non-hydrogen) atoms.